The lowest BCUT2D eigenvalue weighted by Crippen LogP contribution is -2.35. The Hall–Kier alpha value is -1.86. The van der Waals surface area contributed by atoms with Crippen molar-refractivity contribution in [2.75, 3.05) is 24.7 Å². The molecule has 0 radical (unpaired) electrons. The van der Waals surface area contributed by atoms with Crippen molar-refractivity contribution in [3.63, 3.8) is 0 Å². The first-order valence-corrected chi connectivity index (χ1v) is 8.89. The van der Waals surface area contributed by atoms with Crippen LogP contribution in [0.4, 0.5) is 10.1 Å². The van der Waals surface area contributed by atoms with Gasteiger partial charge < -0.3 is 10.2 Å². The summed E-state index contributed by atoms with van der Waals surface area (Å²) in [6, 6.07) is 13.3. The number of nitrogens with zero attached hydrogens (tertiary/aromatic N) is 1. The summed E-state index contributed by atoms with van der Waals surface area (Å²) in [5, 5.41) is 2.56. The Morgan fingerprint density at radius 1 is 1.21 bits per heavy atom. The van der Waals surface area contributed by atoms with Crippen molar-refractivity contribution in [2.24, 2.45) is 0 Å². The molecular formula is C17H16BrFN2O2S. The Kier molecular flexibility index (Phi) is 6.81. The number of hydrogen-bond donors (Lipinski definition) is 1. The number of halogens is 2. The normalized spacial score (nSPS) is 10.3. The van der Waals surface area contributed by atoms with E-state index in [4.69, 9.17) is 0 Å². The van der Waals surface area contributed by atoms with Crippen LogP contribution < -0.4 is 5.32 Å². The molecule has 0 aliphatic rings. The zero-order valence-electron chi connectivity index (χ0n) is 13.0. The van der Waals surface area contributed by atoms with E-state index in [2.05, 4.69) is 21.2 Å². The van der Waals surface area contributed by atoms with Gasteiger partial charge in [0.15, 0.2) is 0 Å². The molecule has 0 saturated heterocycles. The number of carbonyl (C=O) groups excluding carboxylic acids is 2. The van der Waals surface area contributed by atoms with Crippen molar-refractivity contribution < 1.29 is 14.0 Å². The maximum Gasteiger partial charge on any atom is 0.243 e. The van der Waals surface area contributed by atoms with Crippen LogP contribution in [0.3, 0.4) is 0 Å². The van der Waals surface area contributed by atoms with Gasteiger partial charge in [0.1, 0.15) is 5.82 Å². The van der Waals surface area contributed by atoms with Crippen molar-refractivity contribution in [1.29, 1.82) is 0 Å². The van der Waals surface area contributed by atoms with E-state index >= 15 is 0 Å². The molecular weight excluding hydrogens is 395 g/mol. The van der Waals surface area contributed by atoms with Crippen LogP contribution in [0.1, 0.15) is 0 Å². The van der Waals surface area contributed by atoms with Gasteiger partial charge in [0.25, 0.3) is 0 Å². The summed E-state index contributed by atoms with van der Waals surface area (Å²) in [4.78, 5) is 26.3. The lowest BCUT2D eigenvalue weighted by Gasteiger charge is -2.16. The van der Waals surface area contributed by atoms with Crippen LogP contribution in [0.5, 0.6) is 0 Å². The van der Waals surface area contributed by atoms with E-state index < -0.39 is 5.82 Å². The average Bonchev–Trinajstić information content (AvgIpc) is 2.53. The smallest absolute Gasteiger partial charge is 0.243 e. The van der Waals surface area contributed by atoms with Gasteiger partial charge in [0.05, 0.1) is 12.3 Å². The summed E-state index contributed by atoms with van der Waals surface area (Å²) >= 11 is 4.76. The molecule has 0 fully saturated rings. The minimum absolute atomic E-state index is 0.0871. The van der Waals surface area contributed by atoms with Crippen molar-refractivity contribution in [3.05, 3.63) is 58.8 Å². The number of carbonyl (C=O) groups is 2. The molecule has 2 rings (SSSR count). The van der Waals surface area contributed by atoms with E-state index in [1.165, 1.54) is 34.9 Å². The lowest BCUT2D eigenvalue weighted by molar-refractivity contribution is -0.131. The highest BCUT2D eigenvalue weighted by Gasteiger charge is 2.13. The number of rotatable bonds is 6. The number of amides is 2. The molecule has 0 aromatic heterocycles. The van der Waals surface area contributed by atoms with Crippen LogP contribution in [-0.4, -0.2) is 36.1 Å². The largest absolute Gasteiger partial charge is 0.336 e. The molecule has 126 valence electrons. The van der Waals surface area contributed by atoms with Crippen LogP contribution in [0.2, 0.25) is 0 Å². The Balaban J connectivity index is 1.80. The minimum Gasteiger partial charge on any atom is -0.336 e. The molecule has 0 heterocycles. The third-order valence-electron chi connectivity index (χ3n) is 3.09. The molecule has 2 aromatic carbocycles. The molecule has 4 nitrogen and oxygen atoms in total. The molecule has 24 heavy (non-hydrogen) atoms. The van der Waals surface area contributed by atoms with Crippen LogP contribution >= 0.6 is 27.7 Å². The fourth-order valence-corrected chi connectivity index (χ4v) is 2.96. The zero-order valence-corrected chi connectivity index (χ0v) is 15.4. The second-order valence-electron chi connectivity index (χ2n) is 5.05. The van der Waals surface area contributed by atoms with E-state index in [0.717, 1.165) is 9.37 Å². The molecule has 0 unspecified atom stereocenters. The van der Waals surface area contributed by atoms with E-state index in [1.54, 1.807) is 13.1 Å². The van der Waals surface area contributed by atoms with Gasteiger partial charge in [-0.1, -0.05) is 22.0 Å². The van der Waals surface area contributed by atoms with Crippen molar-refractivity contribution in [3.8, 4) is 0 Å². The molecule has 0 aliphatic carbocycles. The Morgan fingerprint density at radius 3 is 2.58 bits per heavy atom. The zero-order chi connectivity index (χ0) is 17.5. The average molecular weight is 411 g/mol. The van der Waals surface area contributed by atoms with Gasteiger partial charge in [0, 0.05) is 22.1 Å². The number of thioether (sulfide) groups is 1. The lowest BCUT2D eigenvalue weighted by atomic mass is 10.3. The van der Waals surface area contributed by atoms with Gasteiger partial charge >= 0.3 is 0 Å². The third-order valence-corrected chi connectivity index (χ3v) is 4.62. The topological polar surface area (TPSA) is 49.4 Å². The van der Waals surface area contributed by atoms with E-state index in [0.29, 0.717) is 5.69 Å². The number of nitrogens with one attached hydrogen (secondary N) is 1. The van der Waals surface area contributed by atoms with Crippen molar-refractivity contribution >= 4 is 45.2 Å². The summed E-state index contributed by atoms with van der Waals surface area (Å²) in [5.74, 6) is -0.712. The number of benzene rings is 2. The fourth-order valence-electron chi connectivity index (χ4n) is 1.86. The minimum atomic E-state index is -0.428. The highest BCUT2D eigenvalue weighted by atomic mass is 79.9. The SMILES string of the molecule is CN(CC(=O)Nc1cccc(F)c1)C(=O)CSc1ccc(Br)cc1. The molecule has 2 aromatic rings. The molecule has 0 aliphatic heterocycles. The highest BCUT2D eigenvalue weighted by molar-refractivity contribution is 9.10. The first-order chi connectivity index (χ1) is 11.4. The second-order valence-corrected chi connectivity index (χ2v) is 7.02. The van der Waals surface area contributed by atoms with E-state index in [1.807, 2.05) is 24.3 Å². The molecule has 0 atom stereocenters. The first kappa shape index (κ1) is 18.5. The molecule has 0 spiro atoms. The van der Waals surface area contributed by atoms with Gasteiger partial charge in [-0.15, -0.1) is 11.8 Å². The Morgan fingerprint density at radius 2 is 1.92 bits per heavy atom. The maximum absolute atomic E-state index is 13.1. The second kappa shape index (κ2) is 8.84. The molecule has 1 N–H and O–H groups in total. The van der Waals surface area contributed by atoms with Crippen LogP contribution in [0.15, 0.2) is 57.9 Å². The van der Waals surface area contributed by atoms with Crippen molar-refractivity contribution in [2.45, 2.75) is 4.90 Å². The number of anilines is 1. The van der Waals surface area contributed by atoms with Crippen LogP contribution in [-0.2, 0) is 9.59 Å². The summed E-state index contributed by atoms with van der Waals surface area (Å²) in [7, 11) is 1.57. The fraction of sp³-hybridized carbons (Fsp3) is 0.176. The summed E-state index contributed by atoms with van der Waals surface area (Å²) < 4.78 is 14.0. The number of hydrogen-bond acceptors (Lipinski definition) is 3. The number of likely N-dealkylation sites (N-methyl/N-ethyl adjacent to an activating group) is 1. The van der Waals surface area contributed by atoms with Crippen LogP contribution in [0, 0.1) is 5.82 Å². The Labute approximate surface area is 152 Å². The van der Waals surface area contributed by atoms with Gasteiger partial charge in [-0.25, -0.2) is 4.39 Å². The summed E-state index contributed by atoms with van der Waals surface area (Å²) in [5.41, 5.74) is 0.366. The third kappa shape index (κ3) is 5.98. The van der Waals surface area contributed by atoms with Gasteiger partial charge in [-0.3, -0.25) is 9.59 Å². The quantitative estimate of drug-likeness (QED) is 0.737. The summed E-state index contributed by atoms with van der Waals surface area (Å²) in [6.45, 7) is -0.0871. The summed E-state index contributed by atoms with van der Waals surface area (Å²) in [6.07, 6.45) is 0. The van der Waals surface area contributed by atoms with Gasteiger partial charge in [0.2, 0.25) is 11.8 Å². The van der Waals surface area contributed by atoms with E-state index in [9.17, 15) is 14.0 Å². The predicted molar refractivity (Wildman–Crippen MR) is 97.5 cm³/mol. The Bertz CT molecular complexity index is 725. The monoisotopic (exact) mass is 410 g/mol. The van der Waals surface area contributed by atoms with Gasteiger partial charge in [-0.2, -0.15) is 0 Å². The molecule has 0 bridgehead atoms. The van der Waals surface area contributed by atoms with Gasteiger partial charge in [-0.05, 0) is 42.5 Å². The van der Waals surface area contributed by atoms with Crippen molar-refractivity contribution in [1.82, 2.24) is 4.90 Å². The predicted octanol–water partition coefficient (Wildman–Crippen LogP) is 3.78. The highest BCUT2D eigenvalue weighted by Crippen LogP contribution is 2.20. The van der Waals surface area contributed by atoms with E-state index in [-0.39, 0.29) is 24.1 Å². The molecule has 2 amide bonds. The van der Waals surface area contributed by atoms with Crippen LogP contribution in [0.25, 0.3) is 0 Å². The molecule has 7 heteroatoms. The standard InChI is InChI=1S/C17H16BrFN2O2S/c1-21(10-16(22)20-14-4-2-3-13(19)9-14)17(23)11-24-15-7-5-12(18)6-8-15/h2-9H,10-11H2,1H3,(H,20,22). The molecule has 0 saturated carbocycles. The maximum atomic E-state index is 13.1. The first-order valence-electron chi connectivity index (χ1n) is 7.12.